The zero-order chi connectivity index (χ0) is 15.2. The van der Waals surface area contributed by atoms with E-state index in [1.165, 1.54) is 22.3 Å². The molecule has 1 aromatic carbocycles. The lowest BCUT2D eigenvalue weighted by Gasteiger charge is -2.22. The highest BCUT2D eigenvalue weighted by atomic mass is 14.9. The Hall–Kier alpha value is -1.67. The Morgan fingerprint density at radius 2 is 1.81 bits per heavy atom. The molecule has 2 nitrogen and oxygen atoms in total. The summed E-state index contributed by atoms with van der Waals surface area (Å²) in [6, 6.07) is 11.1. The summed E-state index contributed by atoms with van der Waals surface area (Å²) >= 11 is 0. The van der Waals surface area contributed by atoms with Gasteiger partial charge in [-0.25, -0.2) is 0 Å². The summed E-state index contributed by atoms with van der Waals surface area (Å²) in [5.74, 6) is 0. The fourth-order valence-electron chi connectivity index (χ4n) is 2.70. The van der Waals surface area contributed by atoms with Crippen LogP contribution < -0.4 is 5.32 Å². The number of aryl methyl sites for hydroxylation is 3. The zero-order valence-corrected chi connectivity index (χ0v) is 13.6. The lowest BCUT2D eigenvalue weighted by atomic mass is 9.93. The SMILES string of the molecule is CCCNC(Cc1ccccn1)c1cc(C)c(C)cc1C. The van der Waals surface area contributed by atoms with Crippen LogP contribution in [0.25, 0.3) is 0 Å². The minimum absolute atomic E-state index is 0.333. The van der Waals surface area contributed by atoms with Crippen molar-refractivity contribution in [1.82, 2.24) is 10.3 Å². The number of hydrogen-bond donors (Lipinski definition) is 1. The first-order valence-corrected chi connectivity index (χ1v) is 7.82. The molecular formula is C19H26N2. The van der Waals surface area contributed by atoms with E-state index in [2.05, 4.69) is 62.3 Å². The van der Waals surface area contributed by atoms with Crippen LogP contribution in [-0.2, 0) is 6.42 Å². The molecule has 1 atom stereocenters. The van der Waals surface area contributed by atoms with Crippen molar-refractivity contribution in [2.75, 3.05) is 6.54 Å². The molecule has 0 aliphatic carbocycles. The van der Waals surface area contributed by atoms with Crippen molar-refractivity contribution in [3.8, 4) is 0 Å². The standard InChI is InChI=1S/C19H26N2/c1-5-9-21-19(13-17-8-6-7-10-20-17)18-12-15(3)14(2)11-16(18)4/h6-8,10-12,19,21H,5,9,13H2,1-4H3. The van der Waals surface area contributed by atoms with Gasteiger partial charge in [-0.3, -0.25) is 4.98 Å². The van der Waals surface area contributed by atoms with E-state index in [9.17, 15) is 0 Å². The van der Waals surface area contributed by atoms with Gasteiger partial charge >= 0.3 is 0 Å². The maximum absolute atomic E-state index is 4.48. The summed E-state index contributed by atoms with van der Waals surface area (Å²) in [6.45, 7) is 9.82. The predicted octanol–water partition coefficient (Wildman–Crippen LogP) is 4.29. The largest absolute Gasteiger partial charge is 0.310 e. The van der Waals surface area contributed by atoms with Gasteiger partial charge in [0.1, 0.15) is 0 Å². The van der Waals surface area contributed by atoms with Crippen LogP contribution in [0.15, 0.2) is 36.5 Å². The van der Waals surface area contributed by atoms with Gasteiger partial charge in [-0.05, 0) is 68.1 Å². The maximum Gasteiger partial charge on any atom is 0.0422 e. The minimum Gasteiger partial charge on any atom is -0.310 e. The number of benzene rings is 1. The van der Waals surface area contributed by atoms with Crippen molar-refractivity contribution in [2.24, 2.45) is 0 Å². The molecule has 2 rings (SSSR count). The average molecular weight is 282 g/mol. The van der Waals surface area contributed by atoms with Crippen molar-refractivity contribution in [3.05, 3.63) is 64.5 Å². The minimum atomic E-state index is 0.333. The highest BCUT2D eigenvalue weighted by molar-refractivity contribution is 5.38. The number of pyridine rings is 1. The van der Waals surface area contributed by atoms with Crippen LogP contribution in [0, 0.1) is 20.8 Å². The molecule has 0 spiro atoms. The Morgan fingerprint density at radius 1 is 1.05 bits per heavy atom. The molecule has 21 heavy (non-hydrogen) atoms. The van der Waals surface area contributed by atoms with E-state index in [0.29, 0.717) is 6.04 Å². The van der Waals surface area contributed by atoms with Gasteiger partial charge in [0.05, 0.1) is 0 Å². The summed E-state index contributed by atoms with van der Waals surface area (Å²) in [4.78, 5) is 4.48. The Labute approximate surface area is 128 Å². The third-order valence-electron chi connectivity index (χ3n) is 4.04. The van der Waals surface area contributed by atoms with E-state index >= 15 is 0 Å². The third kappa shape index (κ3) is 4.15. The van der Waals surface area contributed by atoms with E-state index in [0.717, 1.165) is 25.1 Å². The monoisotopic (exact) mass is 282 g/mol. The number of rotatable bonds is 6. The Bertz CT molecular complexity index is 576. The van der Waals surface area contributed by atoms with Crippen molar-refractivity contribution in [3.63, 3.8) is 0 Å². The van der Waals surface area contributed by atoms with E-state index in [1.807, 2.05) is 12.3 Å². The highest BCUT2D eigenvalue weighted by Gasteiger charge is 2.15. The van der Waals surface area contributed by atoms with E-state index in [4.69, 9.17) is 0 Å². The molecule has 0 bridgehead atoms. The first-order valence-electron chi connectivity index (χ1n) is 7.82. The second-order valence-corrected chi connectivity index (χ2v) is 5.82. The van der Waals surface area contributed by atoms with Crippen LogP contribution in [0.2, 0.25) is 0 Å². The molecule has 1 aromatic heterocycles. The first kappa shape index (κ1) is 15.7. The summed E-state index contributed by atoms with van der Waals surface area (Å²) in [7, 11) is 0. The summed E-state index contributed by atoms with van der Waals surface area (Å²) in [5, 5.41) is 3.68. The maximum atomic E-state index is 4.48. The summed E-state index contributed by atoms with van der Waals surface area (Å²) in [5.41, 5.74) is 6.63. The first-order chi connectivity index (χ1) is 10.1. The van der Waals surface area contributed by atoms with E-state index in [-0.39, 0.29) is 0 Å². The van der Waals surface area contributed by atoms with Crippen molar-refractivity contribution in [2.45, 2.75) is 46.6 Å². The molecule has 2 heteroatoms. The number of hydrogen-bond acceptors (Lipinski definition) is 2. The van der Waals surface area contributed by atoms with Gasteiger partial charge in [-0.1, -0.05) is 25.1 Å². The van der Waals surface area contributed by atoms with Crippen molar-refractivity contribution in [1.29, 1.82) is 0 Å². The molecule has 0 saturated heterocycles. The average Bonchev–Trinajstić information content (AvgIpc) is 2.48. The molecule has 0 amide bonds. The van der Waals surface area contributed by atoms with Gasteiger partial charge in [-0.15, -0.1) is 0 Å². The molecule has 0 radical (unpaired) electrons. The normalized spacial score (nSPS) is 12.4. The van der Waals surface area contributed by atoms with Gasteiger partial charge in [0.2, 0.25) is 0 Å². The van der Waals surface area contributed by atoms with Gasteiger partial charge in [0.15, 0.2) is 0 Å². The molecule has 112 valence electrons. The molecule has 0 aliphatic rings. The van der Waals surface area contributed by atoms with E-state index < -0.39 is 0 Å². The summed E-state index contributed by atoms with van der Waals surface area (Å²) in [6.07, 6.45) is 3.95. The smallest absolute Gasteiger partial charge is 0.0422 e. The van der Waals surface area contributed by atoms with Crippen molar-refractivity contribution < 1.29 is 0 Å². The van der Waals surface area contributed by atoms with Gasteiger partial charge in [0.25, 0.3) is 0 Å². The van der Waals surface area contributed by atoms with Crippen LogP contribution in [0.5, 0.6) is 0 Å². The Kier molecular flexibility index (Phi) is 5.51. The molecule has 0 fully saturated rings. The van der Waals surface area contributed by atoms with Crippen molar-refractivity contribution >= 4 is 0 Å². The zero-order valence-electron chi connectivity index (χ0n) is 13.6. The molecule has 1 heterocycles. The summed E-state index contributed by atoms with van der Waals surface area (Å²) < 4.78 is 0. The number of aromatic nitrogens is 1. The molecule has 2 aromatic rings. The lowest BCUT2D eigenvalue weighted by molar-refractivity contribution is 0.522. The molecule has 0 saturated carbocycles. The van der Waals surface area contributed by atoms with E-state index in [1.54, 1.807) is 0 Å². The number of nitrogens with zero attached hydrogens (tertiary/aromatic N) is 1. The fourth-order valence-corrected chi connectivity index (χ4v) is 2.70. The van der Waals surface area contributed by atoms with Crippen LogP contribution in [-0.4, -0.2) is 11.5 Å². The highest BCUT2D eigenvalue weighted by Crippen LogP contribution is 2.24. The van der Waals surface area contributed by atoms with Crippen LogP contribution >= 0.6 is 0 Å². The Morgan fingerprint density at radius 3 is 2.48 bits per heavy atom. The number of nitrogens with one attached hydrogen (secondary N) is 1. The lowest BCUT2D eigenvalue weighted by Crippen LogP contribution is -2.25. The van der Waals surface area contributed by atoms with Crippen LogP contribution in [0.1, 0.15) is 47.3 Å². The topological polar surface area (TPSA) is 24.9 Å². The molecule has 1 unspecified atom stereocenters. The second-order valence-electron chi connectivity index (χ2n) is 5.82. The predicted molar refractivity (Wildman–Crippen MR) is 89.6 cm³/mol. The third-order valence-corrected chi connectivity index (χ3v) is 4.04. The molecule has 1 N–H and O–H groups in total. The van der Waals surface area contributed by atoms with Gasteiger partial charge < -0.3 is 5.32 Å². The van der Waals surface area contributed by atoms with Gasteiger partial charge in [-0.2, -0.15) is 0 Å². The fraction of sp³-hybridized carbons (Fsp3) is 0.421. The van der Waals surface area contributed by atoms with Crippen LogP contribution in [0.3, 0.4) is 0 Å². The molecule has 0 aliphatic heterocycles. The second kappa shape index (κ2) is 7.37. The van der Waals surface area contributed by atoms with Gasteiger partial charge in [0, 0.05) is 24.4 Å². The Balaban J connectivity index is 2.29. The quantitative estimate of drug-likeness (QED) is 0.855. The van der Waals surface area contributed by atoms with Crippen LogP contribution in [0.4, 0.5) is 0 Å². The molecular weight excluding hydrogens is 256 g/mol.